The summed E-state index contributed by atoms with van der Waals surface area (Å²) in [7, 11) is 0. The molecule has 1 aliphatic rings. The minimum absolute atomic E-state index is 0.173. The molecule has 3 heteroatoms. The van der Waals surface area contributed by atoms with Crippen molar-refractivity contribution in [2.75, 3.05) is 0 Å². The number of benzene rings is 1. The Balaban J connectivity index is 1.81. The van der Waals surface area contributed by atoms with Gasteiger partial charge in [0.05, 0.1) is 0 Å². The van der Waals surface area contributed by atoms with E-state index in [4.69, 9.17) is 9.47 Å². The average molecular weight is 222 g/mol. The molecule has 0 radical (unpaired) electrons. The van der Waals surface area contributed by atoms with E-state index in [0.29, 0.717) is 5.75 Å². The summed E-state index contributed by atoms with van der Waals surface area (Å²) in [5.41, 5.74) is 0. The first-order valence-electron chi connectivity index (χ1n) is 5.96. The topological polar surface area (TPSA) is 38.7 Å². The molecule has 0 saturated carbocycles. The van der Waals surface area contributed by atoms with E-state index in [1.54, 1.807) is 18.2 Å². The van der Waals surface area contributed by atoms with Crippen molar-refractivity contribution in [3.05, 3.63) is 18.2 Å². The van der Waals surface area contributed by atoms with Crippen molar-refractivity contribution in [2.45, 2.75) is 45.3 Å². The number of phenols is 1. The molecule has 1 N–H and O–H groups in total. The predicted octanol–water partition coefficient (Wildman–Crippen LogP) is 3.46. The van der Waals surface area contributed by atoms with Gasteiger partial charge in [0.2, 0.25) is 6.29 Å². The highest BCUT2D eigenvalue weighted by Crippen LogP contribution is 2.38. The summed E-state index contributed by atoms with van der Waals surface area (Å²) in [6, 6.07) is 4.96. The van der Waals surface area contributed by atoms with Crippen LogP contribution in [0.15, 0.2) is 18.2 Å². The standard InChI is InChI=1S/C13H18O3/c1-2-3-4-5-6-13-15-11-8-7-10(14)9-12(11)16-13/h7-9,13-14H,2-6H2,1H3. The van der Waals surface area contributed by atoms with Crippen molar-refractivity contribution in [1.29, 1.82) is 0 Å². The highest BCUT2D eigenvalue weighted by molar-refractivity contribution is 5.46. The smallest absolute Gasteiger partial charge is 0.241 e. The van der Waals surface area contributed by atoms with Crippen LogP contribution in [0.25, 0.3) is 0 Å². The lowest BCUT2D eigenvalue weighted by molar-refractivity contribution is 0.0395. The van der Waals surface area contributed by atoms with Gasteiger partial charge in [0, 0.05) is 12.5 Å². The number of fused-ring (bicyclic) bond motifs is 1. The largest absolute Gasteiger partial charge is 0.508 e. The lowest BCUT2D eigenvalue weighted by atomic mass is 10.1. The van der Waals surface area contributed by atoms with Gasteiger partial charge in [0.25, 0.3) is 0 Å². The summed E-state index contributed by atoms with van der Waals surface area (Å²) < 4.78 is 11.2. The van der Waals surface area contributed by atoms with Crippen LogP contribution >= 0.6 is 0 Å². The minimum atomic E-state index is -0.173. The highest BCUT2D eigenvalue weighted by Gasteiger charge is 2.23. The molecule has 0 saturated heterocycles. The summed E-state index contributed by atoms with van der Waals surface area (Å²) in [5, 5.41) is 9.29. The molecule has 0 aliphatic carbocycles. The average Bonchev–Trinajstić information content (AvgIpc) is 2.66. The van der Waals surface area contributed by atoms with Crippen LogP contribution in [0.3, 0.4) is 0 Å². The molecule has 16 heavy (non-hydrogen) atoms. The third kappa shape index (κ3) is 2.60. The molecule has 0 fully saturated rings. The summed E-state index contributed by atoms with van der Waals surface area (Å²) in [5.74, 6) is 1.60. The fourth-order valence-electron chi connectivity index (χ4n) is 1.85. The third-order valence-electron chi connectivity index (χ3n) is 2.74. The van der Waals surface area contributed by atoms with Crippen molar-refractivity contribution in [3.63, 3.8) is 0 Å². The zero-order chi connectivity index (χ0) is 11.4. The molecule has 0 aromatic heterocycles. The first-order chi connectivity index (χ1) is 7.79. The highest BCUT2D eigenvalue weighted by atomic mass is 16.7. The van der Waals surface area contributed by atoms with Crippen LogP contribution < -0.4 is 9.47 Å². The predicted molar refractivity (Wildman–Crippen MR) is 61.9 cm³/mol. The first-order valence-corrected chi connectivity index (χ1v) is 5.96. The molecular weight excluding hydrogens is 204 g/mol. The van der Waals surface area contributed by atoms with Crippen LogP contribution in [0.4, 0.5) is 0 Å². The van der Waals surface area contributed by atoms with Gasteiger partial charge in [-0.15, -0.1) is 0 Å². The molecule has 88 valence electrons. The van der Waals surface area contributed by atoms with E-state index in [9.17, 15) is 5.11 Å². The molecule has 1 atom stereocenters. The SMILES string of the molecule is CCCCCCC1Oc2ccc(O)cc2O1. The van der Waals surface area contributed by atoms with E-state index < -0.39 is 0 Å². The van der Waals surface area contributed by atoms with Gasteiger partial charge in [-0.05, 0) is 18.6 Å². The van der Waals surface area contributed by atoms with Crippen LogP contribution in [0, 0.1) is 0 Å². The Morgan fingerprint density at radius 3 is 2.75 bits per heavy atom. The molecule has 0 spiro atoms. The van der Waals surface area contributed by atoms with Crippen molar-refractivity contribution in [2.24, 2.45) is 0 Å². The van der Waals surface area contributed by atoms with E-state index in [0.717, 1.165) is 18.6 Å². The lowest BCUT2D eigenvalue weighted by Gasteiger charge is -2.09. The van der Waals surface area contributed by atoms with E-state index in [1.807, 2.05) is 0 Å². The fourth-order valence-corrected chi connectivity index (χ4v) is 1.85. The molecule has 0 amide bonds. The number of hydrogen-bond donors (Lipinski definition) is 1. The minimum Gasteiger partial charge on any atom is -0.508 e. The Labute approximate surface area is 96.0 Å². The number of unbranched alkanes of at least 4 members (excludes halogenated alkanes) is 3. The summed E-state index contributed by atoms with van der Waals surface area (Å²) in [6.07, 6.45) is 5.59. The number of aromatic hydroxyl groups is 1. The summed E-state index contributed by atoms with van der Waals surface area (Å²) in [4.78, 5) is 0. The van der Waals surface area contributed by atoms with Gasteiger partial charge >= 0.3 is 0 Å². The van der Waals surface area contributed by atoms with Gasteiger partial charge in [-0.25, -0.2) is 0 Å². The molecule has 1 aromatic carbocycles. The maximum Gasteiger partial charge on any atom is 0.241 e. The Morgan fingerprint density at radius 2 is 1.94 bits per heavy atom. The molecule has 1 unspecified atom stereocenters. The normalized spacial score (nSPS) is 17.7. The number of hydrogen-bond acceptors (Lipinski definition) is 3. The Hall–Kier alpha value is -1.38. The van der Waals surface area contributed by atoms with Gasteiger partial charge in [-0.3, -0.25) is 0 Å². The molecular formula is C13H18O3. The third-order valence-corrected chi connectivity index (χ3v) is 2.74. The van der Waals surface area contributed by atoms with E-state index in [2.05, 4.69) is 6.92 Å². The fraction of sp³-hybridized carbons (Fsp3) is 0.538. The Morgan fingerprint density at radius 1 is 1.12 bits per heavy atom. The van der Waals surface area contributed by atoms with E-state index in [1.165, 1.54) is 19.3 Å². The lowest BCUT2D eigenvalue weighted by Crippen LogP contribution is -2.17. The molecule has 0 bridgehead atoms. The van der Waals surface area contributed by atoms with Crippen LogP contribution in [0.5, 0.6) is 17.2 Å². The van der Waals surface area contributed by atoms with Gasteiger partial charge < -0.3 is 14.6 Å². The molecule has 2 rings (SSSR count). The Bertz CT molecular complexity index is 349. The molecule has 1 heterocycles. The summed E-state index contributed by atoms with van der Waals surface area (Å²) >= 11 is 0. The van der Waals surface area contributed by atoms with Crippen molar-refractivity contribution < 1.29 is 14.6 Å². The molecule has 1 aliphatic heterocycles. The maximum atomic E-state index is 9.29. The van der Waals surface area contributed by atoms with E-state index >= 15 is 0 Å². The Kier molecular flexibility index (Phi) is 3.54. The number of ether oxygens (including phenoxy) is 2. The van der Waals surface area contributed by atoms with Crippen molar-refractivity contribution >= 4 is 0 Å². The monoisotopic (exact) mass is 222 g/mol. The van der Waals surface area contributed by atoms with E-state index in [-0.39, 0.29) is 12.0 Å². The molecule has 3 nitrogen and oxygen atoms in total. The second-order valence-electron chi connectivity index (χ2n) is 4.15. The van der Waals surface area contributed by atoms with Crippen LogP contribution in [0.1, 0.15) is 39.0 Å². The maximum absolute atomic E-state index is 9.29. The molecule has 1 aromatic rings. The van der Waals surface area contributed by atoms with Gasteiger partial charge in [0.15, 0.2) is 11.5 Å². The second-order valence-corrected chi connectivity index (χ2v) is 4.15. The van der Waals surface area contributed by atoms with Crippen molar-refractivity contribution in [3.8, 4) is 17.2 Å². The van der Waals surface area contributed by atoms with Gasteiger partial charge in [-0.1, -0.05) is 26.2 Å². The second kappa shape index (κ2) is 5.10. The quantitative estimate of drug-likeness (QED) is 0.775. The van der Waals surface area contributed by atoms with Crippen LogP contribution in [-0.2, 0) is 0 Å². The van der Waals surface area contributed by atoms with Crippen LogP contribution in [-0.4, -0.2) is 11.4 Å². The number of rotatable bonds is 5. The van der Waals surface area contributed by atoms with Gasteiger partial charge in [0.1, 0.15) is 5.75 Å². The summed E-state index contributed by atoms with van der Waals surface area (Å²) in [6.45, 7) is 2.20. The van der Waals surface area contributed by atoms with Gasteiger partial charge in [-0.2, -0.15) is 0 Å². The van der Waals surface area contributed by atoms with Crippen LogP contribution in [0.2, 0.25) is 0 Å². The van der Waals surface area contributed by atoms with Crippen molar-refractivity contribution in [1.82, 2.24) is 0 Å². The zero-order valence-corrected chi connectivity index (χ0v) is 9.61. The first kappa shape index (κ1) is 11.1. The number of phenolic OH excluding ortho intramolecular Hbond substituents is 1. The zero-order valence-electron chi connectivity index (χ0n) is 9.61.